The van der Waals surface area contributed by atoms with E-state index in [9.17, 15) is 0 Å². The standard InChI is InChI=1S/C40H90O2P2Si4/c1-15-17-19-21-23-25-27-29-31-33-35-37-39(41-45(3,4)5)43(47(9,10)11)44(48(12,13)14)40(42-46(6,7)8)38-36-34-32-30-28-26-24-22-20-18-16-2/h37,40H,15-36,38H2,1-14H3/b39-37+. The van der Waals surface area contributed by atoms with Gasteiger partial charge in [-0.15, -0.1) is 0 Å². The minimum atomic E-state index is -1.74. The lowest BCUT2D eigenvalue weighted by Gasteiger charge is -2.49. The van der Waals surface area contributed by atoms with Crippen LogP contribution < -0.4 is 0 Å². The number of hydrogen-bond donors (Lipinski definition) is 0. The van der Waals surface area contributed by atoms with Gasteiger partial charge in [-0.05, 0) is 71.8 Å². The average Bonchev–Trinajstić information content (AvgIpc) is 2.93. The van der Waals surface area contributed by atoms with Gasteiger partial charge in [-0.3, -0.25) is 0 Å². The fourth-order valence-electron chi connectivity index (χ4n) is 6.59. The lowest BCUT2D eigenvalue weighted by molar-refractivity contribution is 0.262. The minimum Gasteiger partial charge on any atom is -0.544 e. The first-order valence-corrected chi connectivity index (χ1v) is 40.0. The van der Waals surface area contributed by atoms with E-state index in [1.807, 2.05) is 0 Å². The molecule has 0 rings (SSSR count). The summed E-state index contributed by atoms with van der Waals surface area (Å²) in [5.74, 6) is 0.459. The molecule has 0 saturated carbocycles. The van der Waals surface area contributed by atoms with Crippen molar-refractivity contribution >= 4 is 46.4 Å². The molecule has 0 aliphatic rings. The lowest BCUT2D eigenvalue weighted by atomic mass is 10.1. The maximum Gasteiger partial charge on any atom is 0.242 e. The summed E-state index contributed by atoms with van der Waals surface area (Å²) < 4.78 is 14.6. The van der Waals surface area contributed by atoms with Crippen molar-refractivity contribution in [2.45, 2.75) is 246 Å². The molecule has 0 aliphatic heterocycles. The molecule has 0 N–H and O–H groups in total. The zero-order valence-electron chi connectivity index (χ0n) is 35.6. The highest BCUT2D eigenvalue weighted by Crippen LogP contribution is 2.83. The smallest absolute Gasteiger partial charge is 0.242 e. The summed E-state index contributed by atoms with van der Waals surface area (Å²) in [6.07, 6.45) is 34.7. The Kier molecular flexibility index (Phi) is 27.6. The van der Waals surface area contributed by atoms with Crippen molar-refractivity contribution in [3.8, 4) is 0 Å². The van der Waals surface area contributed by atoms with Crippen molar-refractivity contribution in [1.29, 1.82) is 0 Å². The summed E-state index contributed by atoms with van der Waals surface area (Å²) in [5.41, 5.74) is 1.48. The fraction of sp³-hybridized carbons (Fsp3) is 0.950. The Morgan fingerprint density at radius 1 is 0.479 bits per heavy atom. The molecule has 2 nitrogen and oxygen atoms in total. The lowest BCUT2D eigenvalue weighted by Crippen LogP contribution is -2.37. The second-order valence-corrected chi connectivity index (χ2v) is 54.2. The van der Waals surface area contributed by atoms with Gasteiger partial charge in [0.2, 0.25) is 8.32 Å². The van der Waals surface area contributed by atoms with E-state index in [1.54, 1.807) is 0 Å². The first-order chi connectivity index (χ1) is 22.3. The quantitative estimate of drug-likeness (QED) is 0.0293. The third-order valence-corrected chi connectivity index (χ3v) is 44.2. The monoisotopic (exact) mass is 777 g/mol. The number of hydrogen-bond acceptors (Lipinski definition) is 2. The third kappa shape index (κ3) is 26.9. The Labute approximate surface area is 311 Å². The summed E-state index contributed by atoms with van der Waals surface area (Å²) in [6, 6.07) is 0. The Balaban J connectivity index is 5.76. The molecule has 0 aromatic carbocycles. The second-order valence-electron chi connectivity index (χ2n) is 18.7. The topological polar surface area (TPSA) is 18.5 Å². The molecular weight excluding hydrogens is 687 g/mol. The Morgan fingerprint density at radius 3 is 1.19 bits per heavy atom. The number of allylic oxidation sites excluding steroid dienone is 1. The molecule has 0 amide bonds. The first kappa shape index (κ1) is 49.2. The molecule has 3 atom stereocenters. The van der Waals surface area contributed by atoms with Crippen LogP contribution in [-0.4, -0.2) is 38.0 Å². The molecule has 48 heavy (non-hydrogen) atoms. The van der Waals surface area contributed by atoms with Crippen LogP contribution in [0.4, 0.5) is 0 Å². The SMILES string of the molecule is CCCCCCCCCCCC/C=C(\O[Si](C)(C)C)P(P(C(CCCCCCCCCCCCC)O[Si](C)(C)C)[Si](C)(C)C)[Si](C)(C)C. The zero-order valence-corrected chi connectivity index (χ0v) is 41.4. The molecular formula is C40H90O2P2Si4. The minimum absolute atomic E-state index is 0.244. The second kappa shape index (κ2) is 26.9. The van der Waals surface area contributed by atoms with Gasteiger partial charge in [-0.2, -0.15) is 0 Å². The molecule has 0 aromatic rings. The maximum atomic E-state index is 7.36. The Bertz CT molecular complexity index is 797. The fourth-order valence-corrected chi connectivity index (χ4v) is 56.8. The van der Waals surface area contributed by atoms with Gasteiger partial charge in [0.1, 0.15) is 0 Å². The first-order valence-electron chi connectivity index (χ1n) is 21.0. The Hall–Kier alpha value is 1.23. The van der Waals surface area contributed by atoms with Crippen molar-refractivity contribution in [2.75, 3.05) is 0 Å². The molecule has 8 heteroatoms. The highest BCUT2D eigenvalue weighted by molar-refractivity contribution is 8.56. The van der Waals surface area contributed by atoms with E-state index < -0.39 is 32.1 Å². The predicted molar refractivity (Wildman–Crippen MR) is 239 cm³/mol. The maximum absolute atomic E-state index is 7.36. The van der Waals surface area contributed by atoms with Crippen molar-refractivity contribution < 1.29 is 8.85 Å². The van der Waals surface area contributed by atoms with Crippen LogP contribution in [0.5, 0.6) is 0 Å². The summed E-state index contributed by atoms with van der Waals surface area (Å²) >= 11 is 0. The predicted octanol–water partition coefficient (Wildman–Crippen LogP) is 17.4. The molecule has 0 saturated heterocycles. The van der Waals surface area contributed by atoms with Gasteiger partial charge in [0.05, 0.1) is 26.8 Å². The number of unbranched alkanes of at least 4 members (excludes halogenated alkanes) is 20. The Morgan fingerprint density at radius 2 is 0.854 bits per heavy atom. The normalized spacial score (nSPS) is 15.5. The van der Waals surface area contributed by atoms with Crippen LogP contribution in [0.1, 0.15) is 162 Å². The summed E-state index contributed by atoms with van der Waals surface area (Å²) in [4.78, 5) is 0. The molecule has 0 bridgehead atoms. The van der Waals surface area contributed by atoms with Gasteiger partial charge in [0.15, 0.2) is 8.32 Å². The molecule has 0 aromatic heterocycles. The van der Waals surface area contributed by atoms with E-state index >= 15 is 0 Å². The van der Waals surface area contributed by atoms with Gasteiger partial charge in [0, 0.05) is 0 Å². The molecule has 0 fully saturated rings. The van der Waals surface area contributed by atoms with Gasteiger partial charge in [-0.25, -0.2) is 0 Å². The van der Waals surface area contributed by atoms with Crippen LogP contribution in [0.3, 0.4) is 0 Å². The van der Waals surface area contributed by atoms with E-state index in [4.69, 9.17) is 8.85 Å². The van der Waals surface area contributed by atoms with E-state index in [2.05, 4.69) is 98.5 Å². The summed E-state index contributed by atoms with van der Waals surface area (Å²) in [5, 5.41) is 0. The van der Waals surface area contributed by atoms with Gasteiger partial charge >= 0.3 is 0 Å². The van der Waals surface area contributed by atoms with E-state index in [-0.39, 0.29) is 14.3 Å². The van der Waals surface area contributed by atoms with Gasteiger partial charge in [-0.1, -0.05) is 189 Å². The summed E-state index contributed by atoms with van der Waals surface area (Å²) in [7, 11) is -7.06. The van der Waals surface area contributed by atoms with E-state index in [0.717, 1.165) is 0 Å². The van der Waals surface area contributed by atoms with Crippen LogP contribution in [0.2, 0.25) is 78.6 Å². The van der Waals surface area contributed by atoms with Crippen molar-refractivity contribution in [3.05, 3.63) is 11.6 Å². The molecule has 0 aliphatic carbocycles. The molecule has 0 radical (unpaired) electrons. The van der Waals surface area contributed by atoms with Crippen LogP contribution in [-0.2, 0) is 8.85 Å². The molecule has 0 heterocycles. The van der Waals surface area contributed by atoms with Gasteiger partial charge in [0.25, 0.3) is 0 Å². The average molecular weight is 777 g/mol. The highest BCUT2D eigenvalue weighted by atomic mass is 32.3. The van der Waals surface area contributed by atoms with E-state index in [1.165, 1.54) is 153 Å². The van der Waals surface area contributed by atoms with Crippen molar-refractivity contribution in [3.63, 3.8) is 0 Å². The molecule has 3 unspecified atom stereocenters. The highest BCUT2D eigenvalue weighted by Gasteiger charge is 2.48. The van der Waals surface area contributed by atoms with Crippen molar-refractivity contribution in [1.82, 2.24) is 0 Å². The summed E-state index contributed by atoms with van der Waals surface area (Å²) in [6.45, 7) is 35.3. The zero-order chi connectivity index (χ0) is 36.7. The van der Waals surface area contributed by atoms with Crippen LogP contribution in [0.15, 0.2) is 11.6 Å². The van der Waals surface area contributed by atoms with Gasteiger partial charge < -0.3 is 8.85 Å². The molecule has 0 spiro atoms. The van der Waals surface area contributed by atoms with E-state index in [0.29, 0.717) is 5.85 Å². The largest absolute Gasteiger partial charge is 0.544 e. The van der Waals surface area contributed by atoms with Crippen LogP contribution in [0, 0.1) is 0 Å². The number of rotatable bonds is 32. The van der Waals surface area contributed by atoms with Crippen molar-refractivity contribution in [2.24, 2.45) is 0 Å². The van der Waals surface area contributed by atoms with Crippen LogP contribution in [0.25, 0.3) is 0 Å². The molecule has 288 valence electrons. The third-order valence-electron chi connectivity index (χ3n) is 8.85. The van der Waals surface area contributed by atoms with Crippen LogP contribution >= 0.6 is 14.3 Å².